The number of nitrogens with two attached hydrogens (primary N) is 1. The minimum atomic E-state index is -0.429. The number of anilines is 1. The molecule has 3 aromatic rings. The lowest BCUT2D eigenvalue weighted by Gasteiger charge is -2.15. The summed E-state index contributed by atoms with van der Waals surface area (Å²) >= 11 is 6.02. The number of fused-ring (bicyclic) bond motifs is 1. The molecule has 0 bridgehead atoms. The number of rotatable bonds is 1. The number of halogens is 2. The molecule has 6 nitrogen and oxygen atoms in total. The fourth-order valence-electron chi connectivity index (χ4n) is 2.59. The topological polar surface area (TPSA) is 94.2 Å². The fraction of sp³-hybridized carbons (Fsp3) is 0.278. The van der Waals surface area contributed by atoms with Gasteiger partial charge in [0.2, 0.25) is 5.95 Å². The molecule has 1 saturated heterocycles. The molecule has 1 atom stereocenters. The molecule has 0 radical (unpaired) electrons. The first kappa shape index (κ1) is 18.4. The second kappa shape index (κ2) is 8.35. The molecule has 0 saturated carbocycles. The highest BCUT2D eigenvalue weighted by Gasteiger charge is 2.11. The maximum atomic E-state index is 14.0. The van der Waals surface area contributed by atoms with E-state index in [1.807, 2.05) is 0 Å². The third kappa shape index (κ3) is 4.43. The van der Waals surface area contributed by atoms with E-state index >= 15 is 0 Å². The van der Waals surface area contributed by atoms with Crippen LogP contribution in [0.25, 0.3) is 22.2 Å². The second-order valence-electron chi connectivity index (χ2n) is 5.83. The average Bonchev–Trinajstić information content (AvgIpc) is 2.65. The number of ether oxygens (including phenoxy) is 1. The Bertz CT molecular complexity index is 903. The van der Waals surface area contributed by atoms with Crippen molar-refractivity contribution < 1.29 is 14.2 Å². The predicted octanol–water partition coefficient (Wildman–Crippen LogP) is 3.22. The number of nitrogens with zero attached hydrogens (tertiary/aromatic N) is 3. The molecule has 136 valence electrons. The van der Waals surface area contributed by atoms with Crippen molar-refractivity contribution in [3.05, 3.63) is 47.5 Å². The molecule has 0 amide bonds. The fourth-order valence-corrected chi connectivity index (χ4v) is 2.79. The number of aromatic nitrogens is 3. The van der Waals surface area contributed by atoms with E-state index in [1.165, 1.54) is 12.3 Å². The van der Waals surface area contributed by atoms with Crippen LogP contribution in [0.4, 0.5) is 10.3 Å². The van der Waals surface area contributed by atoms with Gasteiger partial charge in [-0.25, -0.2) is 14.4 Å². The summed E-state index contributed by atoms with van der Waals surface area (Å²) in [6.45, 7) is 1.37. The first-order valence-electron chi connectivity index (χ1n) is 8.13. The van der Waals surface area contributed by atoms with Gasteiger partial charge in [-0.3, -0.25) is 4.98 Å². The van der Waals surface area contributed by atoms with E-state index in [4.69, 9.17) is 27.2 Å². The summed E-state index contributed by atoms with van der Waals surface area (Å²) in [7, 11) is 0. The summed E-state index contributed by atoms with van der Waals surface area (Å²) in [6, 6.07) is 6.61. The second-order valence-corrected chi connectivity index (χ2v) is 6.24. The van der Waals surface area contributed by atoms with Gasteiger partial charge in [0.25, 0.3) is 0 Å². The monoisotopic (exact) mass is 376 g/mol. The van der Waals surface area contributed by atoms with Crippen molar-refractivity contribution in [3.63, 3.8) is 0 Å². The number of nitrogen functional groups attached to an aromatic ring is 1. The van der Waals surface area contributed by atoms with Crippen LogP contribution in [0.15, 0.2) is 36.7 Å². The summed E-state index contributed by atoms with van der Waals surface area (Å²) in [5.74, 6) is -0.340. The van der Waals surface area contributed by atoms with E-state index in [2.05, 4.69) is 15.0 Å². The van der Waals surface area contributed by atoms with E-state index in [1.54, 1.807) is 24.4 Å². The van der Waals surface area contributed by atoms with Crippen LogP contribution in [-0.2, 0) is 4.74 Å². The quantitative estimate of drug-likeness (QED) is 0.677. The molecule has 3 heterocycles. The molecule has 1 aliphatic heterocycles. The van der Waals surface area contributed by atoms with Gasteiger partial charge in [-0.15, -0.1) is 0 Å². The van der Waals surface area contributed by atoms with Crippen LogP contribution in [0, 0.1) is 5.82 Å². The van der Waals surface area contributed by atoms with Crippen molar-refractivity contribution in [2.45, 2.75) is 18.9 Å². The number of aliphatic hydroxyl groups excluding tert-OH is 1. The van der Waals surface area contributed by atoms with Crippen LogP contribution in [0.3, 0.4) is 0 Å². The number of benzene rings is 1. The van der Waals surface area contributed by atoms with Gasteiger partial charge in [0.15, 0.2) is 0 Å². The molecule has 1 unspecified atom stereocenters. The number of hydrogen-bond acceptors (Lipinski definition) is 6. The van der Waals surface area contributed by atoms with E-state index < -0.39 is 5.82 Å². The van der Waals surface area contributed by atoms with Crippen molar-refractivity contribution in [1.82, 2.24) is 15.0 Å². The molecule has 4 rings (SSSR count). The van der Waals surface area contributed by atoms with Gasteiger partial charge in [-0.2, -0.15) is 0 Å². The number of aliphatic hydroxyl groups is 1. The summed E-state index contributed by atoms with van der Waals surface area (Å²) < 4.78 is 18.9. The zero-order chi connectivity index (χ0) is 18.5. The highest BCUT2D eigenvalue weighted by Crippen LogP contribution is 2.29. The Kier molecular flexibility index (Phi) is 5.92. The molecule has 1 aliphatic rings. The van der Waals surface area contributed by atoms with Crippen molar-refractivity contribution in [1.29, 1.82) is 0 Å². The summed E-state index contributed by atoms with van der Waals surface area (Å²) in [5.41, 5.74) is 6.78. The van der Waals surface area contributed by atoms with E-state index in [0.29, 0.717) is 33.8 Å². The van der Waals surface area contributed by atoms with Gasteiger partial charge in [0.05, 0.1) is 29.6 Å². The Labute approximate surface area is 154 Å². The Hall–Kier alpha value is -2.35. The standard InChI is InChI=1S/C13H8ClFN4.C5H10O2/c14-9-6-18-13(16)19-11(9)8-4-7-2-1-3-17-12(7)10(15)5-8;6-5-2-1-3-7-4-5/h1-6H,(H2,16,18,19);5-6H,1-4H2. The van der Waals surface area contributed by atoms with E-state index in [-0.39, 0.29) is 12.1 Å². The van der Waals surface area contributed by atoms with Gasteiger partial charge in [-0.1, -0.05) is 17.7 Å². The largest absolute Gasteiger partial charge is 0.391 e. The third-order valence-electron chi connectivity index (χ3n) is 3.83. The highest BCUT2D eigenvalue weighted by molar-refractivity contribution is 6.33. The molecule has 26 heavy (non-hydrogen) atoms. The zero-order valence-corrected chi connectivity index (χ0v) is 14.7. The maximum absolute atomic E-state index is 14.0. The first-order chi connectivity index (χ1) is 12.5. The lowest BCUT2D eigenvalue weighted by Crippen LogP contribution is -2.21. The average molecular weight is 377 g/mol. The summed E-state index contributed by atoms with van der Waals surface area (Å²) in [4.78, 5) is 11.8. The van der Waals surface area contributed by atoms with Crippen LogP contribution >= 0.6 is 11.6 Å². The van der Waals surface area contributed by atoms with Crippen molar-refractivity contribution in [2.24, 2.45) is 0 Å². The van der Waals surface area contributed by atoms with Crippen molar-refractivity contribution >= 4 is 28.5 Å². The van der Waals surface area contributed by atoms with Gasteiger partial charge >= 0.3 is 0 Å². The molecule has 2 aromatic heterocycles. The Balaban J connectivity index is 0.000000236. The number of pyridine rings is 1. The Morgan fingerprint density at radius 2 is 2.15 bits per heavy atom. The van der Waals surface area contributed by atoms with Crippen LogP contribution in [0.5, 0.6) is 0 Å². The van der Waals surface area contributed by atoms with Gasteiger partial charge in [0.1, 0.15) is 11.3 Å². The van der Waals surface area contributed by atoms with Gasteiger partial charge in [-0.05, 0) is 31.0 Å². The molecule has 1 fully saturated rings. The Morgan fingerprint density at radius 3 is 2.85 bits per heavy atom. The molecule has 8 heteroatoms. The van der Waals surface area contributed by atoms with Crippen molar-refractivity contribution in [3.8, 4) is 11.3 Å². The van der Waals surface area contributed by atoms with Crippen LogP contribution in [-0.4, -0.2) is 39.4 Å². The molecule has 0 aliphatic carbocycles. The molecule has 1 aromatic carbocycles. The molecule has 0 spiro atoms. The molecular weight excluding hydrogens is 359 g/mol. The van der Waals surface area contributed by atoms with Crippen LogP contribution in [0.2, 0.25) is 5.02 Å². The predicted molar refractivity (Wildman–Crippen MR) is 98.2 cm³/mol. The minimum absolute atomic E-state index is 0.0890. The van der Waals surface area contributed by atoms with Gasteiger partial charge in [0, 0.05) is 23.8 Å². The summed E-state index contributed by atoms with van der Waals surface area (Å²) in [5, 5.41) is 9.77. The number of hydrogen-bond donors (Lipinski definition) is 2. The van der Waals surface area contributed by atoms with E-state index in [9.17, 15) is 4.39 Å². The lowest BCUT2D eigenvalue weighted by molar-refractivity contribution is -0.00535. The third-order valence-corrected chi connectivity index (χ3v) is 4.11. The first-order valence-corrected chi connectivity index (χ1v) is 8.51. The SMILES string of the molecule is Nc1ncc(Cl)c(-c2cc(F)c3ncccc3c2)n1.OC1CCCOC1. The van der Waals surface area contributed by atoms with Gasteiger partial charge < -0.3 is 15.6 Å². The highest BCUT2D eigenvalue weighted by atomic mass is 35.5. The van der Waals surface area contributed by atoms with Crippen LogP contribution < -0.4 is 5.73 Å². The van der Waals surface area contributed by atoms with Crippen molar-refractivity contribution in [2.75, 3.05) is 18.9 Å². The lowest BCUT2D eigenvalue weighted by atomic mass is 10.1. The van der Waals surface area contributed by atoms with Crippen LogP contribution in [0.1, 0.15) is 12.8 Å². The maximum Gasteiger partial charge on any atom is 0.220 e. The summed E-state index contributed by atoms with van der Waals surface area (Å²) in [6.07, 6.45) is 4.68. The smallest absolute Gasteiger partial charge is 0.220 e. The Morgan fingerprint density at radius 1 is 1.31 bits per heavy atom. The molecular formula is C18H18ClFN4O2. The van der Waals surface area contributed by atoms with E-state index in [0.717, 1.165) is 19.4 Å². The zero-order valence-electron chi connectivity index (χ0n) is 13.9. The minimum Gasteiger partial charge on any atom is -0.391 e. The molecule has 3 N–H and O–H groups in total. The normalized spacial score (nSPS) is 16.8.